The summed E-state index contributed by atoms with van der Waals surface area (Å²) < 4.78 is 13.0. The smallest absolute Gasteiger partial charge is 0.419 e. The minimum absolute atomic E-state index is 0.182. The third kappa shape index (κ3) is 5.12. The maximum absolute atomic E-state index is 12.7. The van der Waals surface area contributed by atoms with Crippen LogP contribution in [0.1, 0.15) is 66.1 Å². The van der Waals surface area contributed by atoms with Crippen LogP contribution >= 0.6 is 0 Å². The van der Waals surface area contributed by atoms with Crippen LogP contribution in [0.2, 0.25) is 0 Å². The van der Waals surface area contributed by atoms with Gasteiger partial charge in [-0.2, -0.15) is 5.10 Å². The molecule has 1 saturated carbocycles. The van der Waals surface area contributed by atoms with E-state index in [0.29, 0.717) is 0 Å². The molecule has 0 spiro atoms. The number of amides is 2. The van der Waals surface area contributed by atoms with Crippen molar-refractivity contribution in [2.24, 2.45) is 5.92 Å². The summed E-state index contributed by atoms with van der Waals surface area (Å²) in [6.45, 7) is 13.0. The van der Waals surface area contributed by atoms with E-state index in [0.717, 1.165) is 34.3 Å². The van der Waals surface area contributed by atoms with Gasteiger partial charge in [-0.1, -0.05) is 18.2 Å². The second-order valence-electron chi connectivity index (χ2n) is 10.1. The van der Waals surface area contributed by atoms with E-state index in [1.807, 2.05) is 18.2 Å². The summed E-state index contributed by atoms with van der Waals surface area (Å²) >= 11 is 0. The zero-order chi connectivity index (χ0) is 22.3. The molecule has 1 aromatic heterocycles. The Hall–Kier alpha value is -2.57. The Bertz CT molecular complexity index is 902. The highest BCUT2D eigenvalue weighted by molar-refractivity contribution is 5.88. The molecule has 30 heavy (non-hydrogen) atoms. The molecule has 0 N–H and O–H groups in total. The minimum Gasteiger partial charge on any atom is -0.443 e. The molecule has 7 heteroatoms. The van der Waals surface area contributed by atoms with Crippen molar-refractivity contribution in [1.82, 2.24) is 14.7 Å². The Kier molecular flexibility index (Phi) is 5.85. The molecule has 7 nitrogen and oxygen atoms in total. The second-order valence-corrected chi connectivity index (χ2v) is 10.1. The standard InChI is InChI=1S/C23H33N3O4/c1-15-18-10-8-9-11-19(18)24-26(15)17-12-16(13-17)14-25(20(27)29-22(2,3)4)21(28)30-23(5,6)7/h8-11,16-17H,12-14H2,1-7H3. The maximum Gasteiger partial charge on any atom is 0.419 e. The van der Waals surface area contributed by atoms with Crippen LogP contribution in [0.4, 0.5) is 9.59 Å². The largest absolute Gasteiger partial charge is 0.443 e. The number of aromatic nitrogens is 2. The van der Waals surface area contributed by atoms with Gasteiger partial charge in [0, 0.05) is 17.6 Å². The van der Waals surface area contributed by atoms with E-state index in [4.69, 9.17) is 14.6 Å². The lowest BCUT2D eigenvalue weighted by Crippen LogP contribution is -2.47. The Labute approximate surface area is 178 Å². The number of hydrogen-bond acceptors (Lipinski definition) is 5. The molecule has 164 valence electrons. The van der Waals surface area contributed by atoms with Gasteiger partial charge >= 0.3 is 12.2 Å². The summed E-state index contributed by atoms with van der Waals surface area (Å²) in [6.07, 6.45) is 0.357. The van der Waals surface area contributed by atoms with Crippen molar-refractivity contribution in [3.8, 4) is 0 Å². The lowest BCUT2D eigenvalue weighted by molar-refractivity contribution is -0.00645. The van der Waals surface area contributed by atoms with E-state index in [1.54, 1.807) is 41.5 Å². The van der Waals surface area contributed by atoms with Crippen molar-refractivity contribution >= 4 is 23.1 Å². The van der Waals surface area contributed by atoms with Crippen molar-refractivity contribution in [2.45, 2.75) is 78.6 Å². The van der Waals surface area contributed by atoms with Crippen LogP contribution in [0.25, 0.3) is 10.9 Å². The molecule has 1 aromatic carbocycles. The summed E-state index contributed by atoms with van der Waals surface area (Å²) in [7, 11) is 0. The third-order valence-corrected chi connectivity index (χ3v) is 5.08. The molecule has 1 heterocycles. The molecule has 0 aliphatic heterocycles. The van der Waals surface area contributed by atoms with E-state index in [-0.39, 0.29) is 18.5 Å². The summed E-state index contributed by atoms with van der Waals surface area (Å²) in [5, 5.41) is 5.89. The van der Waals surface area contributed by atoms with Gasteiger partial charge < -0.3 is 9.47 Å². The lowest BCUT2D eigenvalue weighted by atomic mass is 9.80. The fourth-order valence-electron chi connectivity index (χ4n) is 3.70. The first-order valence-electron chi connectivity index (χ1n) is 10.5. The quantitative estimate of drug-likeness (QED) is 0.665. The van der Waals surface area contributed by atoms with E-state index < -0.39 is 23.4 Å². The number of hydrogen-bond donors (Lipinski definition) is 0. The topological polar surface area (TPSA) is 73.7 Å². The van der Waals surface area contributed by atoms with Crippen molar-refractivity contribution < 1.29 is 19.1 Å². The zero-order valence-electron chi connectivity index (χ0n) is 19.1. The molecule has 1 fully saturated rings. The molecule has 0 bridgehead atoms. The Morgan fingerprint density at radius 1 is 1.03 bits per heavy atom. The summed E-state index contributed by atoms with van der Waals surface area (Å²) in [4.78, 5) is 26.4. The first-order chi connectivity index (χ1) is 13.8. The Morgan fingerprint density at radius 2 is 1.57 bits per heavy atom. The Morgan fingerprint density at radius 3 is 2.07 bits per heavy atom. The highest BCUT2D eigenvalue weighted by Gasteiger charge is 2.38. The highest BCUT2D eigenvalue weighted by Crippen LogP contribution is 2.40. The first-order valence-corrected chi connectivity index (χ1v) is 10.5. The number of imide groups is 1. The van der Waals surface area contributed by atoms with Crippen LogP contribution in [0, 0.1) is 12.8 Å². The van der Waals surface area contributed by atoms with Crippen LogP contribution in [0.15, 0.2) is 24.3 Å². The fourth-order valence-corrected chi connectivity index (χ4v) is 3.70. The van der Waals surface area contributed by atoms with E-state index in [1.165, 1.54) is 0 Å². The van der Waals surface area contributed by atoms with Crippen molar-refractivity contribution in [3.63, 3.8) is 0 Å². The first kappa shape index (κ1) is 22.1. The summed E-state index contributed by atoms with van der Waals surface area (Å²) in [5.74, 6) is 0.182. The van der Waals surface area contributed by atoms with Gasteiger partial charge in [0.1, 0.15) is 11.2 Å². The molecule has 2 aromatic rings. The maximum atomic E-state index is 12.7. The van der Waals surface area contributed by atoms with Crippen molar-refractivity contribution in [2.75, 3.05) is 6.54 Å². The van der Waals surface area contributed by atoms with Crippen molar-refractivity contribution in [3.05, 3.63) is 30.0 Å². The number of nitrogens with zero attached hydrogens (tertiary/aromatic N) is 3. The van der Waals surface area contributed by atoms with Gasteiger partial charge in [0.2, 0.25) is 0 Å². The molecular formula is C23H33N3O4. The fraction of sp³-hybridized carbons (Fsp3) is 0.609. The lowest BCUT2D eigenvalue weighted by Gasteiger charge is -2.39. The number of benzene rings is 1. The molecule has 0 radical (unpaired) electrons. The van der Waals surface area contributed by atoms with Gasteiger partial charge in [0.25, 0.3) is 0 Å². The van der Waals surface area contributed by atoms with Crippen LogP contribution in [-0.2, 0) is 9.47 Å². The average Bonchev–Trinajstić information content (AvgIpc) is 2.87. The van der Waals surface area contributed by atoms with Gasteiger partial charge in [-0.15, -0.1) is 0 Å². The molecule has 0 unspecified atom stereocenters. The number of fused-ring (bicyclic) bond motifs is 1. The third-order valence-electron chi connectivity index (χ3n) is 5.08. The van der Waals surface area contributed by atoms with Gasteiger partial charge in [0.15, 0.2) is 0 Å². The summed E-state index contributed by atoms with van der Waals surface area (Å²) in [6, 6.07) is 8.37. The van der Waals surface area contributed by atoms with Crippen LogP contribution < -0.4 is 0 Å². The molecule has 0 saturated heterocycles. The molecule has 0 atom stereocenters. The zero-order valence-corrected chi connectivity index (χ0v) is 19.1. The molecule has 2 amide bonds. The minimum atomic E-state index is -0.689. The number of carbonyl (C=O) groups is 2. The average molecular weight is 416 g/mol. The predicted molar refractivity (Wildman–Crippen MR) is 115 cm³/mol. The summed E-state index contributed by atoms with van der Waals surface area (Å²) in [5.41, 5.74) is 0.755. The van der Waals surface area contributed by atoms with E-state index in [2.05, 4.69) is 17.7 Å². The number of aryl methyl sites for hydroxylation is 1. The molecule has 1 aliphatic carbocycles. The SMILES string of the molecule is Cc1c2ccccc2nn1C1CC(CN(C(=O)OC(C)(C)C)C(=O)OC(C)(C)C)C1. The predicted octanol–water partition coefficient (Wildman–Crippen LogP) is 5.47. The van der Waals surface area contributed by atoms with Gasteiger partial charge in [0.05, 0.1) is 11.6 Å². The second kappa shape index (κ2) is 7.93. The Balaban J connectivity index is 1.68. The number of carbonyl (C=O) groups excluding carboxylic acids is 2. The normalized spacial score (nSPS) is 19.3. The molecular weight excluding hydrogens is 382 g/mol. The monoisotopic (exact) mass is 415 g/mol. The van der Waals surface area contributed by atoms with Gasteiger partial charge in [-0.05, 0) is 73.3 Å². The van der Waals surface area contributed by atoms with Gasteiger partial charge in [-0.25, -0.2) is 14.5 Å². The highest BCUT2D eigenvalue weighted by atomic mass is 16.6. The van der Waals surface area contributed by atoms with Crippen LogP contribution in [0.3, 0.4) is 0 Å². The molecule has 1 aliphatic rings. The number of rotatable bonds is 3. The van der Waals surface area contributed by atoms with E-state index in [9.17, 15) is 9.59 Å². The van der Waals surface area contributed by atoms with Gasteiger partial charge in [-0.3, -0.25) is 4.68 Å². The van der Waals surface area contributed by atoms with E-state index >= 15 is 0 Å². The van der Waals surface area contributed by atoms with Crippen LogP contribution in [-0.4, -0.2) is 44.6 Å². The van der Waals surface area contributed by atoms with Crippen molar-refractivity contribution in [1.29, 1.82) is 0 Å². The number of ether oxygens (including phenoxy) is 2. The van der Waals surface area contributed by atoms with Crippen LogP contribution in [0.5, 0.6) is 0 Å². The molecule has 3 rings (SSSR count).